The Hall–Kier alpha value is -1.60. The van der Waals surface area contributed by atoms with E-state index in [4.69, 9.17) is 11.6 Å². The number of nitrogens with zero attached hydrogens (tertiary/aromatic N) is 1. The van der Waals surface area contributed by atoms with E-state index in [1.165, 1.54) is 18.2 Å². The maximum absolute atomic E-state index is 12.3. The Bertz CT molecular complexity index is 558. The molecule has 0 saturated carbocycles. The third-order valence-electron chi connectivity index (χ3n) is 3.83. The second-order valence-corrected chi connectivity index (χ2v) is 5.95. The summed E-state index contributed by atoms with van der Waals surface area (Å²) in [5.41, 5.74) is 0.314. The van der Waals surface area contributed by atoms with Gasteiger partial charge in [0.2, 0.25) is 0 Å². The Morgan fingerprint density at radius 3 is 2.91 bits per heavy atom. The first-order valence-corrected chi connectivity index (χ1v) is 7.73. The van der Waals surface area contributed by atoms with Crippen molar-refractivity contribution in [3.8, 4) is 5.75 Å². The number of amides is 2. The van der Waals surface area contributed by atoms with Crippen LogP contribution < -0.4 is 10.1 Å². The molecule has 2 amide bonds. The van der Waals surface area contributed by atoms with Crippen LogP contribution in [0.5, 0.6) is 5.75 Å². The third kappa shape index (κ3) is 4.94. The number of alkyl halides is 2. The molecule has 0 aliphatic carbocycles. The zero-order chi connectivity index (χ0) is 17.0. The van der Waals surface area contributed by atoms with E-state index in [-0.39, 0.29) is 22.7 Å². The van der Waals surface area contributed by atoms with Crippen molar-refractivity contribution in [1.82, 2.24) is 4.90 Å². The van der Waals surface area contributed by atoms with Crippen molar-refractivity contribution in [2.75, 3.05) is 18.4 Å². The van der Waals surface area contributed by atoms with E-state index in [9.17, 15) is 18.7 Å². The van der Waals surface area contributed by atoms with Gasteiger partial charge in [-0.15, -0.1) is 0 Å². The van der Waals surface area contributed by atoms with Crippen LogP contribution in [0.15, 0.2) is 18.2 Å². The smallest absolute Gasteiger partial charge is 0.387 e. The standard InChI is InChI=1S/C15H19ClF2N2O3/c1-9(21)10-3-2-6-20(8-10)15(22)19-11-4-5-12(16)13(7-11)23-14(17)18/h4-5,7,9-10,14,21H,2-3,6,8H2,1H3,(H,19,22). The molecule has 2 rings (SSSR count). The number of anilines is 1. The van der Waals surface area contributed by atoms with E-state index >= 15 is 0 Å². The molecule has 2 unspecified atom stereocenters. The fourth-order valence-electron chi connectivity index (χ4n) is 2.56. The first-order chi connectivity index (χ1) is 10.9. The van der Waals surface area contributed by atoms with Gasteiger partial charge in [0, 0.05) is 30.8 Å². The summed E-state index contributed by atoms with van der Waals surface area (Å²) >= 11 is 5.77. The Labute approximate surface area is 138 Å². The lowest BCUT2D eigenvalue weighted by Crippen LogP contribution is -2.44. The van der Waals surface area contributed by atoms with Gasteiger partial charge in [0.05, 0.1) is 11.1 Å². The number of hydrogen-bond donors (Lipinski definition) is 2. The summed E-state index contributed by atoms with van der Waals surface area (Å²) < 4.78 is 28.9. The van der Waals surface area contributed by atoms with Gasteiger partial charge >= 0.3 is 12.6 Å². The van der Waals surface area contributed by atoms with Gasteiger partial charge in [-0.25, -0.2) is 4.79 Å². The number of aliphatic hydroxyl groups excluding tert-OH is 1. The molecule has 128 valence electrons. The van der Waals surface area contributed by atoms with Crippen molar-refractivity contribution in [1.29, 1.82) is 0 Å². The van der Waals surface area contributed by atoms with Crippen LogP contribution >= 0.6 is 11.6 Å². The van der Waals surface area contributed by atoms with Crippen molar-refractivity contribution in [3.63, 3.8) is 0 Å². The largest absolute Gasteiger partial charge is 0.433 e. The van der Waals surface area contributed by atoms with Gasteiger partial charge in [0.15, 0.2) is 0 Å². The van der Waals surface area contributed by atoms with E-state index in [1.807, 2.05) is 0 Å². The Balaban J connectivity index is 2.02. The molecule has 0 radical (unpaired) electrons. The number of urea groups is 1. The Morgan fingerprint density at radius 1 is 1.52 bits per heavy atom. The van der Waals surface area contributed by atoms with Gasteiger partial charge in [-0.05, 0) is 31.9 Å². The number of ether oxygens (including phenoxy) is 1. The Kier molecular flexibility index (Phi) is 6.01. The lowest BCUT2D eigenvalue weighted by atomic mass is 9.94. The molecule has 1 aromatic carbocycles. The highest BCUT2D eigenvalue weighted by Gasteiger charge is 2.26. The summed E-state index contributed by atoms with van der Waals surface area (Å²) in [5.74, 6) is -0.155. The van der Waals surface area contributed by atoms with Crippen LogP contribution in [0.1, 0.15) is 19.8 Å². The van der Waals surface area contributed by atoms with Crippen molar-refractivity contribution in [2.45, 2.75) is 32.5 Å². The predicted octanol–water partition coefficient (Wildman–Crippen LogP) is 3.57. The molecular weight excluding hydrogens is 330 g/mol. The molecule has 2 N–H and O–H groups in total. The quantitative estimate of drug-likeness (QED) is 0.874. The number of likely N-dealkylation sites (tertiary alicyclic amines) is 1. The van der Waals surface area contributed by atoms with Crippen LogP contribution in [0.25, 0.3) is 0 Å². The predicted molar refractivity (Wildman–Crippen MR) is 83.1 cm³/mol. The molecule has 1 aromatic rings. The highest BCUT2D eigenvalue weighted by molar-refractivity contribution is 6.32. The zero-order valence-corrected chi connectivity index (χ0v) is 13.4. The van der Waals surface area contributed by atoms with Gasteiger partial charge in [-0.3, -0.25) is 0 Å². The molecule has 8 heteroatoms. The van der Waals surface area contributed by atoms with E-state index in [2.05, 4.69) is 10.1 Å². The average Bonchev–Trinajstić information content (AvgIpc) is 2.50. The molecule has 1 aliphatic rings. The molecule has 1 aliphatic heterocycles. The summed E-state index contributed by atoms with van der Waals surface area (Å²) in [6, 6.07) is 3.79. The Morgan fingerprint density at radius 2 is 2.26 bits per heavy atom. The zero-order valence-electron chi connectivity index (χ0n) is 12.6. The maximum Gasteiger partial charge on any atom is 0.387 e. The summed E-state index contributed by atoms with van der Waals surface area (Å²) in [4.78, 5) is 13.9. The van der Waals surface area contributed by atoms with Crippen molar-refractivity contribution in [3.05, 3.63) is 23.2 Å². The van der Waals surface area contributed by atoms with Gasteiger partial charge in [-0.1, -0.05) is 11.6 Å². The normalized spacial score (nSPS) is 19.6. The second-order valence-electron chi connectivity index (χ2n) is 5.54. The van der Waals surface area contributed by atoms with Crippen LogP contribution in [0.3, 0.4) is 0 Å². The monoisotopic (exact) mass is 348 g/mol. The van der Waals surface area contributed by atoms with Gasteiger partial charge in [0.25, 0.3) is 0 Å². The van der Waals surface area contributed by atoms with Gasteiger partial charge < -0.3 is 20.1 Å². The molecule has 0 bridgehead atoms. The van der Waals surface area contributed by atoms with Crippen LogP contribution in [0.4, 0.5) is 19.3 Å². The van der Waals surface area contributed by atoms with E-state index in [0.717, 1.165) is 12.8 Å². The molecular formula is C15H19ClF2N2O3. The van der Waals surface area contributed by atoms with Crippen LogP contribution in [0, 0.1) is 5.92 Å². The SMILES string of the molecule is CC(O)C1CCCN(C(=O)Nc2ccc(Cl)c(OC(F)F)c2)C1. The molecule has 0 aromatic heterocycles. The molecule has 1 heterocycles. The molecule has 1 saturated heterocycles. The summed E-state index contributed by atoms with van der Waals surface area (Å²) in [5, 5.41) is 12.3. The summed E-state index contributed by atoms with van der Waals surface area (Å²) in [6.07, 6.45) is 1.20. The van der Waals surface area contributed by atoms with E-state index < -0.39 is 12.7 Å². The highest BCUT2D eigenvalue weighted by Crippen LogP contribution is 2.29. The number of hydrogen-bond acceptors (Lipinski definition) is 3. The average molecular weight is 349 g/mol. The molecule has 0 spiro atoms. The lowest BCUT2D eigenvalue weighted by Gasteiger charge is -2.34. The number of carbonyl (C=O) groups excluding carboxylic acids is 1. The van der Waals surface area contributed by atoms with Crippen molar-refractivity contribution >= 4 is 23.3 Å². The van der Waals surface area contributed by atoms with E-state index in [1.54, 1.807) is 11.8 Å². The number of halogens is 3. The number of carbonyl (C=O) groups is 1. The fourth-order valence-corrected chi connectivity index (χ4v) is 2.72. The van der Waals surface area contributed by atoms with Crippen LogP contribution in [-0.2, 0) is 0 Å². The minimum Gasteiger partial charge on any atom is -0.433 e. The lowest BCUT2D eigenvalue weighted by molar-refractivity contribution is -0.0497. The second kappa shape index (κ2) is 7.79. The fraction of sp³-hybridized carbons (Fsp3) is 0.533. The summed E-state index contributed by atoms with van der Waals surface area (Å²) in [7, 11) is 0. The highest BCUT2D eigenvalue weighted by atomic mass is 35.5. The van der Waals surface area contributed by atoms with Crippen LogP contribution in [0.2, 0.25) is 5.02 Å². The first kappa shape index (κ1) is 17.7. The van der Waals surface area contributed by atoms with Crippen LogP contribution in [-0.4, -0.2) is 41.8 Å². The molecule has 2 atom stereocenters. The van der Waals surface area contributed by atoms with Gasteiger partial charge in [0.1, 0.15) is 5.75 Å². The molecule has 23 heavy (non-hydrogen) atoms. The first-order valence-electron chi connectivity index (χ1n) is 7.35. The molecule has 1 fully saturated rings. The third-order valence-corrected chi connectivity index (χ3v) is 4.14. The summed E-state index contributed by atoms with van der Waals surface area (Å²) in [6.45, 7) is -0.243. The number of rotatable bonds is 4. The van der Waals surface area contributed by atoms with Crippen molar-refractivity contribution in [2.24, 2.45) is 5.92 Å². The van der Waals surface area contributed by atoms with Crippen molar-refractivity contribution < 1.29 is 23.4 Å². The minimum atomic E-state index is -2.99. The van der Waals surface area contributed by atoms with E-state index in [0.29, 0.717) is 18.8 Å². The number of benzene rings is 1. The number of piperidine rings is 1. The minimum absolute atomic E-state index is 0.0374. The maximum atomic E-state index is 12.3. The number of nitrogens with one attached hydrogen (secondary N) is 1. The van der Waals surface area contributed by atoms with Gasteiger partial charge in [-0.2, -0.15) is 8.78 Å². The molecule has 5 nitrogen and oxygen atoms in total. The topological polar surface area (TPSA) is 61.8 Å². The number of aliphatic hydroxyl groups is 1.